The predicted molar refractivity (Wildman–Crippen MR) is 73.2 cm³/mol. The highest BCUT2D eigenvalue weighted by molar-refractivity contribution is 5.37. The first kappa shape index (κ1) is 11.9. The van der Waals surface area contributed by atoms with Crippen molar-refractivity contribution >= 4 is 5.95 Å². The summed E-state index contributed by atoms with van der Waals surface area (Å²) in [7, 11) is 0. The van der Waals surface area contributed by atoms with Crippen LogP contribution in [0.1, 0.15) is 30.1 Å². The number of anilines is 1. The zero-order chi connectivity index (χ0) is 13.2. The number of nitrogens with zero attached hydrogens (tertiary/aromatic N) is 3. The Bertz CT molecular complexity index is 623. The average Bonchev–Trinajstić information content (AvgIpc) is 2.88. The van der Waals surface area contributed by atoms with Crippen LogP contribution in [0.3, 0.4) is 0 Å². The van der Waals surface area contributed by atoms with E-state index in [1.807, 2.05) is 19.2 Å². The second kappa shape index (κ2) is 4.84. The average molecular weight is 256 g/mol. The maximum absolute atomic E-state index is 11.6. The van der Waals surface area contributed by atoms with E-state index in [1.165, 1.54) is 11.6 Å². The summed E-state index contributed by atoms with van der Waals surface area (Å²) in [6.45, 7) is 2.75. The van der Waals surface area contributed by atoms with E-state index in [4.69, 9.17) is 0 Å². The van der Waals surface area contributed by atoms with E-state index in [-0.39, 0.29) is 11.6 Å². The van der Waals surface area contributed by atoms with Gasteiger partial charge in [-0.15, -0.1) is 0 Å². The minimum atomic E-state index is -0.0978. The van der Waals surface area contributed by atoms with Crippen LogP contribution in [0.15, 0.2) is 35.4 Å². The predicted octanol–water partition coefficient (Wildman–Crippen LogP) is 1.81. The Hall–Kier alpha value is -2.17. The molecule has 1 fully saturated rings. The van der Waals surface area contributed by atoms with Gasteiger partial charge in [0.1, 0.15) is 0 Å². The number of hydrogen-bond acceptors (Lipinski definition) is 4. The summed E-state index contributed by atoms with van der Waals surface area (Å²) in [4.78, 5) is 25.2. The molecule has 2 aromatic rings. The van der Waals surface area contributed by atoms with Gasteiger partial charge in [0, 0.05) is 30.7 Å². The molecule has 3 rings (SSSR count). The van der Waals surface area contributed by atoms with Crippen molar-refractivity contribution < 1.29 is 0 Å². The summed E-state index contributed by atoms with van der Waals surface area (Å²) in [6, 6.07) is 5.78. The van der Waals surface area contributed by atoms with Crippen molar-refractivity contribution in [1.82, 2.24) is 15.0 Å². The fourth-order valence-electron chi connectivity index (χ4n) is 2.64. The normalized spacial score (nSPS) is 18.8. The molecule has 3 heterocycles. The van der Waals surface area contributed by atoms with Crippen molar-refractivity contribution in [2.45, 2.75) is 25.8 Å². The first-order valence-electron chi connectivity index (χ1n) is 6.48. The second-order valence-electron chi connectivity index (χ2n) is 4.85. The molecule has 1 N–H and O–H groups in total. The summed E-state index contributed by atoms with van der Waals surface area (Å²) in [5, 5.41) is 0. The molecule has 0 amide bonds. The number of aryl methyl sites for hydroxylation is 1. The van der Waals surface area contributed by atoms with Gasteiger partial charge in [-0.2, -0.15) is 0 Å². The summed E-state index contributed by atoms with van der Waals surface area (Å²) in [5.74, 6) is 0.663. The van der Waals surface area contributed by atoms with Gasteiger partial charge >= 0.3 is 0 Å². The molecule has 0 bridgehead atoms. The quantitative estimate of drug-likeness (QED) is 0.890. The number of H-pyrrole nitrogens is 1. The lowest BCUT2D eigenvalue weighted by Crippen LogP contribution is -2.27. The topological polar surface area (TPSA) is 61.9 Å². The van der Waals surface area contributed by atoms with Crippen molar-refractivity contribution in [3.05, 3.63) is 52.2 Å². The van der Waals surface area contributed by atoms with Crippen molar-refractivity contribution in [2.24, 2.45) is 0 Å². The zero-order valence-electron chi connectivity index (χ0n) is 10.8. The van der Waals surface area contributed by atoms with Gasteiger partial charge in [-0.1, -0.05) is 6.07 Å². The largest absolute Gasteiger partial charge is 0.335 e. The van der Waals surface area contributed by atoms with Gasteiger partial charge in [0.25, 0.3) is 5.56 Å². The lowest BCUT2D eigenvalue weighted by molar-refractivity contribution is 0.695. The van der Waals surface area contributed by atoms with Crippen molar-refractivity contribution in [1.29, 1.82) is 0 Å². The Morgan fingerprint density at radius 2 is 2.37 bits per heavy atom. The Morgan fingerprint density at radius 1 is 1.47 bits per heavy atom. The molecule has 0 spiro atoms. The number of aromatic amines is 1. The highest BCUT2D eigenvalue weighted by atomic mass is 16.1. The third kappa shape index (κ3) is 2.36. The summed E-state index contributed by atoms with van der Waals surface area (Å²) < 4.78 is 0. The van der Waals surface area contributed by atoms with Crippen LogP contribution in [0.2, 0.25) is 0 Å². The molecule has 2 aromatic heterocycles. The van der Waals surface area contributed by atoms with Gasteiger partial charge in [0.15, 0.2) is 0 Å². The molecule has 0 radical (unpaired) electrons. The molecule has 5 heteroatoms. The van der Waals surface area contributed by atoms with Crippen LogP contribution in [-0.2, 0) is 0 Å². The van der Waals surface area contributed by atoms with E-state index in [2.05, 4.69) is 25.9 Å². The number of nitrogens with one attached hydrogen (secondary N) is 1. The zero-order valence-corrected chi connectivity index (χ0v) is 10.8. The lowest BCUT2D eigenvalue weighted by Gasteiger charge is -2.25. The molecule has 0 saturated carbocycles. The molecule has 98 valence electrons. The highest BCUT2D eigenvalue weighted by Gasteiger charge is 2.27. The van der Waals surface area contributed by atoms with Crippen molar-refractivity contribution in [3.8, 4) is 0 Å². The minimum Gasteiger partial charge on any atom is -0.335 e. The van der Waals surface area contributed by atoms with Gasteiger partial charge in [-0.3, -0.25) is 14.8 Å². The second-order valence-corrected chi connectivity index (χ2v) is 4.85. The van der Waals surface area contributed by atoms with Gasteiger partial charge in [0.05, 0.1) is 6.04 Å². The molecule has 1 unspecified atom stereocenters. The van der Waals surface area contributed by atoms with Crippen LogP contribution in [0.25, 0.3) is 0 Å². The Labute approximate surface area is 111 Å². The van der Waals surface area contributed by atoms with Crippen LogP contribution in [0.5, 0.6) is 0 Å². The van der Waals surface area contributed by atoms with Gasteiger partial charge in [-0.25, -0.2) is 4.98 Å². The summed E-state index contributed by atoms with van der Waals surface area (Å²) >= 11 is 0. The van der Waals surface area contributed by atoms with E-state index < -0.39 is 0 Å². The third-order valence-corrected chi connectivity index (χ3v) is 3.45. The number of rotatable bonds is 2. The Balaban J connectivity index is 1.97. The number of aromatic nitrogens is 3. The minimum absolute atomic E-state index is 0.0978. The van der Waals surface area contributed by atoms with Crippen LogP contribution >= 0.6 is 0 Å². The molecule has 0 aliphatic carbocycles. The first-order chi connectivity index (χ1) is 9.24. The highest BCUT2D eigenvalue weighted by Crippen LogP contribution is 2.33. The van der Waals surface area contributed by atoms with Crippen molar-refractivity contribution in [2.75, 3.05) is 11.4 Å². The molecular formula is C14H16N4O. The van der Waals surface area contributed by atoms with E-state index in [0.29, 0.717) is 5.95 Å². The number of hydrogen-bond donors (Lipinski definition) is 1. The Morgan fingerprint density at radius 3 is 3.11 bits per heavy atom. The van der Waals surface area contributed by atoms with Gasteiger partial charge < -0.3 is 4.90 Å². The fourth-order valence-corrected chi connectivity index (χ4v) is 2.64. The molecule has 1 atom stereocenters. The van der Waals surface area contributed by atoms with E-state index in [9.17, 15) is 4.79 Å². The van der Waals surface area contributed by atoms with E-state index in [0.717, 1.165) is 25.1 Å². The maximum atomic E-state index is 11.6. The first-order valence-corrected chi connectivity index (χ1v) is 6.48. The fraction of sp³-hybridized carbons (Fsp3) is 0.357. The summed E-state index contributed by atoms with van der Waals surface area (Å²) in [5.41, 5.74) is 1.82. The molecule has 0 aromatic carbocycles. The smallest absolute Gasteiger partial charge is 0.252 e. The SMILES string of the molecule is Cc1cc(=O)[nH]c(N2CCCC2c2cccnc2)n1. The monoisotopic (exact) mass is 256 g/mol. The van der Waals surface area contributed by atoms with E-state index >= 15 is 0 Å². The summed E-state index contributed by atoms with van der Waals surface area (Å²) in [6.07, 6.45) is 5.81. The molecule has 1 aliphatic heterocycles. The third-order valence-electron chi connectivity index (χ3n) is 3.45. The van der Waals surface area contributed by atoms with Crippen LogP contribution < -0.4 is 10.5 Å². The van der Waals surface area contributed by atoms with Crippen molar-refractivity contribution in [3.63, 3.8) is 0 Å². The van der Waals surface area contributed by atoms with E-state index in [1.54, 1.807) is 6.20 Å². The maximum Gasteiger partial charge on any atom is 0.252 e. The van der Waals surface area contributed by atoms with Crippen LogP contribution in [0.4, 0.5) is 5.95 Å². The standard InChI is InChI=1S/C14H16N4O/c1-10-8-13(19)17-14(16-10)18-7-3-5-12(18)11-4-2-6-15-9-11/h2,4,6,8-9,12H,3,5,7H2,1H3,(H,16,17,19). The Kier molecular flexibility index (Phi) is 3.03. The molecule has 19 heavy (non-hydrogen) atoms. The lowest BCUT2D eigenvalue weighted by atomic mass is 10.1. The molecule has 1 aliphatic rings. The molecule has 5 nitrogen and oxygen atoms in total. The van der Waals surface area contributed by atoms with Gasteiger partial charge in [0.2, 0.25) is 5.95 Å². The van der Waals surface area contributed by atoms with Crippen LogP contribution in [-0.4, -0.2) is 21.5 Å². The van der Waals surface area contributed by atoms with Gasteiger partial charge in [-0.05, 0) is 31.4 Å². The molecular weight excluding hydrogens is 240 g/mol. The molecule has 1 saturated heterocycles. The van der Waals surface area contributed by atoms with Crippen LogP contribution in [0, 0.1) is 6.92 Å². The number of pyridine rings is 1.